The highest BCUT2D eigenvalue weighted by atomic mass is 15.1. The van der Waals surface area contributed by atoms with E-state index in [0.717, 1.165) is 18.5 Å². The van der Waals surface area contributed by atoms with Crippen LogP contribution < -0.4 is 5.32 Å². The Bertz CT molecular complexity index is 132. The van der Waals surface area contributed by atoms with E-state index in [-0.39, 0.29) is 0 Å². The van der Waals surface area contributed by atoms with E-state index in [2.05, 4.69) is 24.2 Å². The first-order valence-corrected chi connectivity index (χ1v) is 5.64. The molecule has 2 heteroatoms. The molecule has 1 atom stereocenters. The zero-order valence-corrected chi connectivity index (χ0v) is 9.34. The standard InChI is InChI=1S/C11H24N2/c1-4-11(10-6-7-10)13(3)9-5-8-12-2/h10-12H,4-9H2,1-3H3. The summed E-state index contributed by atoms with van der Waals surface area (Å²) in [5.74, 6) is 1.02. The molecule has 0 bridgehead atoms. The molecule has 1 N–H and O–H groups in total. The molecule has 1 aliphatic rings. The summed E-state index contributed by atoms with van der Waals surface area (Å²) in [5, 5.41) is 3.20. The van der Waals surface area contributed by atoms with Gasteiger partial charge in [0, 0.05) is 6.04 Å². The molecule has 0 amide bonds. The quantitative estimate of drug-likeness (QED) is 0.606. The highest BCUT2D eigenvalue weighted by molar-refractivity contribution is 4.86. The Labute approximate surface area is 82.7 Å². The predicted molar refractivity (Wildman–Crippen MR) is 58.0 cm³/mol. The fourth-order valence-electron chi connectivity index (χ4n) is 2.16. The SMILES string of the molecule is CCC(C1CC1)N(C)CCCNC. The number of rotatable bonds is 7. The van der Waals surface area contributed by atoms with Crippen molar-refractivity contribution in [2.24, 2.45) is 5.92 Å². The Morgan fingerprint density at radius 3 is 2.62 bits per heavy atom. The van der Waals surface area contributed by atoms with Gasteiger partial charge in [-0.25, -0.2) is 0 Å². The average molecular weight is 184 g/mol. The molecule has 0 aliphatic heterocycles. The Morgan fingerprint density at radius 1 is 1.46 bits per heavy atom. The van der Waals surface area contributed by atoms with Crippen LogP contribution in [0.3, 0.4) is 0 Å². The second-order valence-corrected chi connectivity index (χ2v) is 4.25. The Kier molecular flexibility index (Phi) is 4.74. The van der Waals surface area contributed by atoms with Gasteiger partial charge in [0.25, 0.3) is 0 Å². The molecule has 0 heterocycles. The van der Waals surface area contributed by atoms with Crippen LogP contribution in [0.4, 0.5) is 0 Å². The Hall–Kier alpha value is -0.0800. The van der Waals surface area contributed by atoms with E-state index in [0.29, 0.717) is 0 Å². The zero-order valence-electron chi connectivity index (χ0n) is 9.34. The van der Waals surface area contributed by atoms with Gasteiger partial charge >= 0.3 is 0 Å². The van der Waals surface area contributed by atoms with Crippen LogP contribution in [0.1, 0.15) is 32.6 Å². The van der Waals surface area contributed by atoms with Crippen molar-refractivity contribution in [3.8, 4) is 0 Å². The molecule has 0 aromatic carbocycles. The molecule has 0 radical (unpaired) electrons. The molecule has 1 unspecified atom stereocenters. The van der Waals surface area contributed by atoms with Crippen molar-refractivity contribution in [2.75, 3.05) is 27.2 Å². The van der Waals surface area contributed by atoms with Gasteiger partial charge in [-0.2, -0.15) is 0 Å². The number of nitrogens with one attached hydrogen (secondary N) is 1. The van der Waals surface area contributed by atoms with Crippen molar-refractivity contribution in [3.05, 3.63) is 0 Å². The molecule has 13 heavy (non-hydrogen) atoms. The highest BCUT2D eigenvalue weighted by Gasteiger charge is 2.31. The van der Waals surface area contributed by atoms with E-state index in [1.54, 1.807) is 0 Å². The molecule has 1 saturated carbocycles. The third kappa shape index (κ3) is 3.65. The summed E-state index contributed by atoms with van der Waals surface area (Å²) < 4.78 is 0. The molecule has 1 fully saturated rings. The van der Waals surface area contributed by atoms with E-state index >= 15 is 0 Å². The first kappa shape index (κ1) is 11.0. The summed E-state index contributed by atoms with van der Waals surface area (Å²) in [6.07, 6.45) is 5.53. The molecule has 0 spiro atoms. The molecular formula is C11H24N2. The second kappa shape index (κ2) is 5.61. The topological polar surface area (TPSA) is 15.3 Å². The molecule has 1 aliphatic carbocycles. The van der Waals surface area contributed by atoms with Crippen LogP contribution in [0.25, 0.3) is 0 Å². The van der Waals surface area contributed by atoms with Crippen LogP contribution in [0.5, 0.6) is 0 Å². The van der Waals surface area contributed by atoms with Crippen LogP contribution in [0.2, 0.25) is 0 Å². The van der Waals surface area contributed by atoms with Gasteiger partial charge in [0.1, 0.15) is 0 Å². The van der Waals surface area contributed by atoms with Crippen molar-refractivity contribution in [1.29, 1.82) is 0 Å². The van der Waals surface area contributed by atoms with E-state index in [4.69, 9.17) is 0 Å². The largest absolute Gasteiger partial charge is 0.320 e. The fourth-order valence-corrected chi connectivity index (χ4v) is 2.16. The summed E-state index contributed by atoms with van der Waals surface area (Å²) in [6, 6.07) is 0.858. The number of nitrogens with zero attached hydrogens (tertiary/aromatic N) is 1. The summed E-state index contributed by atoms with van der Waals surface area (Å²) in [5.41, 5.74) is 0. The maximum Gasteiger partial charge on any atom is 0.0118 e. The molecule has 1 rings (SSSR count). The highest BCUT2D eigenvalue weighted by Crippen LogP contribution is 2.36. The molecule has 0 aromatic rings. The van der Waals surface area contributed by atoms with Gasteiger partial charge in [-0.15, -0.1) is 0 Å². The van der Waals surface area contributed by atoms with Crippen molar-refractivity contribution in [3.63, 3.8) is 0 Å². The minimum Gasteiger partial charge on any atom is -0.320 e. The van der Waals surface area contributed by atoms with E-state index in [1.807, 2.05) is 7.05 Å². The van der Waals surface area contributed by atoms with Crippen molar-refractivity contribution < 1.29 is 0 Å². The summed E-state index contributed by atoms with van der Waals surface area (Å²) >= 11 is 0. The second-order valence-electron chi connectivity index (χ2n) is 4.25. The lowest BCUT2D eigenvalue weighted by Crippen LogP contribution is -2.34. The molecule has 0 saturated heterocycles. The van der Waals surface area contributed by atoms with Crippen LogP contribution >= 0.6 is 0 Å². The van der Waals surface area contributed by atoms with E-state index in [1.165, 1.54) is 32.2 Å². The van der Waals surface area contributed by atoms with Crippen LogP contribution in [0, 0.1) is 5.92 Å². The van der Waals surface area contributed by atoms with Gasteiger partial charge in [-0.3, -0.25) is 0 Å². The van der Waals surface area contributed by atoms with Gasteiger partial charge in [0.05, 0.1) is 0 Å². The van der Waals surface area contributed by atoms with E-state index in [9.17, 15) is 0 Å². The van der Waals surface area contributed by atoms with Gasteiger partial charge in [0.15, 0.2) is 0 Å². The lowest BCUT2D eigenvalue weighted by Gasteiger charge is -2.27. The van der Waals surface area contributed by atoms with Crippen molar-refractivity contribution in [2.45, 2.75) is 38.6 Å². The average Bonchev–Trinajstić information content (AvgIpc) is 2.90. The predicted octanol–water partition coefficient (Wildman–Crippen LogP) is 1.72. The van der Waals surface area contributed by atoms with Crippen LogP contribution in [0.15, 0.2) is 0 Å². The van der Waals surface area contributed by atoms with Gasteiger partial charge in [-0.1, -0.05) is 6.92 Å². The fraction of sp³-hybridized carbons (Fsp3) is 1.00. The minimum atomic E-state index is 0.858. The normalized spacial score (nSPS) is 19.4. The molecule has 2 nitrogen and oxygen atoms in total. The first-order chi connectivity index (χ1) is 6.29. The minimum absolute atomic E-state index is 0.858. The summed E-state index contributed by atoms with van der Waals surface area (Å²) in [4.78, 5) is 2.55. The van der Waals surface area contributed by atoms with Gasteiger partial charge in [-0.05, 0) is 58.8 Å². The van der Waals surface area contributed by atoms with E-state index < -0.39 is 0 Å². The maximum absolute atomic E-state index is 3.20. The zero-order chi connectivity index (χ0) is 9.68. The lowest BCUT2D eigenvalue weighted by atomic mass is 10.1. The summed E-state index contributed by atoms with van der Waals surface area (Å²) in [6.45, 7) is 4.71. The van der Waals surface area contributed by atoms with Crippen LogP contribution in [-0.2, 0) is 0 Å². The maximum atomic E-state index is 3.20. The third-order valence-corrected chi connectivity index (χ3v) is 3.09. The molecule has 78 valence electrons. The lowest BCUT2D eigenvalue weighted by molar-refractivity contribution is 0.210. The van der Waals surface area contributed by atoms with Crippen LogP contribution in [-0.4, -0.2) is 38.1 Å². The number of hydrogen-bond acceptors (Lipinski definition) is 2. The van der Waals surface area contributed by atoms with Crippen molar-refractivity contribution in [1.82, 2.24) is 10.2 Å². The number of hydrogen-bond donors (Lipinski definition) is 1. The molecular weight excluding hydrogens is 160 g/mol. The summed E-state index contributed by atoms with van der Waals surface area (Å²) in [7, 11) is 4.31. The third-order valence-electron chi connectivity index (χ3n) is 3.09. The first-order valence-electron chi connectivity index (χ1n) is 5.64. The van der Waals surface area contributed by atoms with Crippen molar-refractivity contribution >= 4 is 0 Å². The monoisotopic (exact) mass is 184 g/mol. The molecule has 0 aromatic heterocycles. The Morgan fingerprint density at radius 2 is 2.15 bits per heavy atom. The smallest absolute Gasteiger partial charge is 0.0118 e. The Balaban J connectivity index is 2.15. The van der Waals surface area contributed by atoms with Gasteiger partial charge in [0.2, 0.25) is 0 Å². The van der Waals surface area contributed by atoms with Gasteiger partial charge < -0.3 is 10.2 Å².